The number of rotatable bonds is 7. The second-order valence-corrected chi connectivity index (χ2v) is 9.26. The van der Waals surface area contributed by atoms with E-state index in [1.54, 1.807) is 18.2 Å². The number of nitrogens with zero attached hydrogens (tertiary/aromatic N) is 2. The van der Waals surface area contributed by atoms with Crippen LogP contribution in [0.4, 0.5) is 0 Å². The molecule has 5 nitrogen and oxygen atoms in total. The van der Waals surface area contributed by atoms with Gasteiger partial charge in [0.1, 0.15) is 18.5 Å². The second-order valence-electron chi connectivity index (χ2n) is 7.56. The zero-order valence-corrected chi connectivity index (χ0v) is 21.6. The van der Waals surface area contributed by atoms with E-state index in [2.05, 4.69) is 32.0 Å². The third kappa shape index (κ3) is 5.39. The van der Waals surface area contributed by atoms with Crippen molar-refractivity contribution >= 4 is 61.8 Å². The zero-order valence-electron chi connectivity index (χ0n) is 18.5. The summed E-state index contributed by atoms with van der Waals surface area (Å²) in [6.07, 6.45) is 1.76. The lowest BCUT2D eigenvalue weighted by Gasteiger charge is -2.15. The molecular weight excluding hydrogens is 537 g/mol. The number of H-pyrrole nitrogens is 1. The molecule has 4 rings (SSSR count). The maximum Gasteiger partial charge on any atom is 0.175 e. The third-order valence-electron chi connectivity index (χ3n) is 5.04. The summed E-state index contributed by atoms with van der Waals surface area (Å²) in [5, 5.41) is 10.9. The maximum atomic E-state index is 9.81. The van der Waals surface area contributed by atoms with Gasteiger partial charge in [0.25, 0.3) is 0 Å². The van der Waals surface area contributed by atoms with Crippen molar-refractivity contribution in [2.45, 2.75) is 20.5 Å². The van der Waals surface area contributed by atoms with E-state index in [1.807, 2.05) is 50.2 Å². The Morgan fingerprint density at radius 1 is 1.15 bits per heavy atom. The van der Waals surface area contributed by atoms with Crippen molar-refractivity contribution in [3.8, 4) is 17.6 Å². The average Bonchev–Trinajstić information content (AvgIpc) is 3.21. The Morgan fingerprint density at radius 2 is 1.97 bits per heavy atom. The molecule has 1 heterocycles. The van der Waals surface area contributed by atoms with Crippen molar-refractivity contribution in [1.82, 2.24) is 9.97 Å². The largest absolute Gasteiger partial charge is 0.490 e. The first kappa shape index (κ1) is 24.2. The molecule has 4 aromatic rings. The van der Waals surface area contributed by atoms with E-state index in [4.69, 9.17) is 32.7 Å². The lowest BCUT2D eigenvalue weighted by Crippen LogP contribution is -2.01. The normalized spacial score (nSPS) is 11.5. The lowest BCUT2D eigenvalue weighted by atomic mass is 10.1. The number of hydrogen-bond acceptors (Lipinski definition) is 4. The summed E-state index contributed by atoms with van der Waals surface area (Å²) in [6.45, 7) is 4.60. The number of halogens is 3. The number of aromatic amines is 1. The van der Waals surface area contributed by atoms with Crippen LogP contribution in [0.5, 0.6) is 11.5 Å². The predicted molar refractivity (Wildman–Crippen MR) is 140 cm³/mol. The highest BCUT2D eigenvalue weighted by Crippen LogP contribution is 2.39. The first-order chi connectivity index (χ1) is 16.4. The van der Waals surface area contributed by atoms with Gasteiger partial charge in [0.05, 0.1) is 27.7 Å². The van der Waals surface area contributed by atoms with E-state index in [9.17, 15) is 5.26 Å². The fraction of sp³-hybridized carbons (Fsp3) is 0.154. The van der Waals surface area contributed by atoms with E-state index in [0.29, 0.717) is 44.0 Å². The summed E-state index contributed by atoms with van der Waals surface area (Å²) < 4.78 is 12.6. The van der Waals surface area contributed by atoms with Gasteiger partial charge >= 0.3 is 0 Å². The topological polar surface area (TPSA) is 70.9 Å². The average molecular weight is 557 g/mol. The number of aromatic nitrogens is 2. The van der Waals surface area contributed by atoms with Gasteiger partial charge in [0, 0.05) is 15.6 Å². The summed E-state index contributed by atoms with van der Waals surface area (Å²) in [5.41, 5.74) is 4.78. The molecule has 0 aliphatic rings. The Bertz CT molecular complexity index is 1440. The van der Waals surface area contributed by atoms with Crippen LogP contribution in [0, 0.1) is 18.3 Å². The van der Waals surface area contributed by atoms with Gasteiger partial charge in [-0.2, -0.15) is 5.26 Å². The molecule has 0 aliphatic heterocycles. The summed E-state index contributed by atoms with van der Waals surface area (Å²) >= 11 is 15.8. The molecule has 0 aliphatic carbocycles. The van der Waals surface area contributed by atoms with Crippen molar-refractivity contribution in [1.29, 1.82) is 5.26 Å². The number of nitriles is 1. The predicted octanol–water partition coefficient (Wildman–Crippen LogP) is 7.98. The molecule has 1 N–H and O–H groups in total. The molecule has 0 atom stereocenters. The van der Waals surface area contributed by atoms with Gasteiger partial charge in [-0.3, -0.25) is 0 Å². The minimum absolute atomic E-state index is 0.242. The minimum atomic E-state index is 0.242. The number of ether oxygens (including phenoxy) is 2. The molecule has 34 heavy (non-hydrogen) atoms. The maximum absolute atomic E-state index is 9.81. The van der Waals surface area contributed by atoms with Crippen LogP contribution in [0.2, 0.25) is 10.0 Å². The summed E-state index contributed by atoms with van der Waals surface area (Å²) in [4.78, 5) is 7.79. The Kier molecular flexibility index (Phi) is 7.47. The Labute approximate surface area is 216 Å². The van der Waals surface area contributed by atoms with Crippen LogP contribution < -0.4 is 9.47 Å². The molecule has 1 aromatic heterocycles. The summed E-state index contributed by atoms with van der Waals surface area (Å²) in [7, 11) is 0. The Hall–Kier alpha value is -2.98. The van der Waals surface area contributed by atoms with Crippen LogP contribution in [-0.2, 0) is 6.61 Å². The molecule has 0 unspecified atom stereocenters. The fourth-order valence-electron chi connectivity index (χ4n) is 3.43. The molecule has 0 saturated carbocycles. The van der Waals surface area contributed by atoms with Crippen molar-refractivity contribution in [2.75, 3.05) is 6.61 Å². The van der Waals surface area contributed by atoms with Crippen molar-refractivity contribution in [2.24, 2.45) is 0 Å². The van der Waals surface area contributed by atoms with Gasteiger partial charge in [-0.05, 0) is 83.4 Å². The zero-order chi connectivity index (χ0) is 24.2. The Morgan fingerprint density at radius 3 is 2.71 bits per heavy atom. The second kappa shape index (κ2) is 10.5. The number of nitrogens with one attached hydrogen (secondary N) is 1. The molecule has 172 valence electrons. The third-order valence-corrected chi connectivity index (χ3v) is 6.22. The molecule has 0 fully saturated rings. The lowest BCUT2D eigenvalue weighted by molar-refractivity contribution is 0.267. The first-order valence-corrected chi connectivity index (χ1v) is 12.0. The van der Waals surface area contributed by atoms with Crippen molar-refractivity contribution in [3.63, 3.8) is 0 Å². The van der Waals surface area contributed by atoms with E-state index in [-0.39, 0.29) is 6.61 Å². The van der Waals surface area contributed by atoms with Gasteiger partial charge in [0.2, 0.25) is 0 Å². The quantitative estimate of drug-likeness (QED) is 0.234. The number of allylic oxidation sites excluding steroid dienone is 1. The minimum Gasteiger partial charge on any atom is -0.490 e. The van der Waals surface area contributed by atoms with E-state index in [1.165, 1.54) is 0 Å². The number of fused-ring (bicyclic) bond motifs is 1. The number of benzene rings is 3. The van der Waals surface area contributed by atoms with E-state index >= 15 is 0 Å². The molecule has 0 saturated heterocycles. The number of hydrogen-bond donors (Lipinski definition) is 1. The van der Waals surface area contributed by atoms with Gasteiger partial charge in [-0.1, -0.05) is 35.3 Å². The molecule has 0 bridgehead atoms. The van der Waals surface area contributed by atoms with Gasteiger partial charge < -0.3 is 14.5 Å². The van der Waals surface area contributed by atoms with Crippen LogP contribution >= 0.6 is 39.1 Å². The first-order valence-electron chi connectivity index (χ1n) is 10.5. The fourth-order valence-corrected chi connectivity index (χ4v) is 4.47. The highest BCUT2D eigenvalue weighted by molar-refractivity contribution is 9.10. The molecule has 0 radical (unpaired) electrons. The highest BCUT2D eigenvalue weighted by atomic mass is 79.9. The van der Waals surface area contributed by atoms with Crippen LogP contribution in [0.25, 0.3) is 22.7 Å². The van der Waals surface area contributed by atoms with Crippen LogP contribution in [0.15, 0.2) is 53.0 Å². The standard InChI is InChI=1S/C26H20BrCl2N3O2/c1-3-33-24-11-16(9-18(13-30)26-31-22-7-4-15(2)8-23(22)32-26)10-20(27)25(24)34-14-17-5-6-19(28)12-21(17)29/h4-12H,3,14H2,1-2H3,(H,31,32)/b18-9-. The number of aryl methyl sites for hydroxylation is 1. The van der Waals surface area contributed by atoms with Crippen molar-refractivity contribution < 1.29 is 9.47 Å². The monoisotopic (exact) mass is 555 g/mol. The van der Waals surface area contributed by atoms with Crippen molar-refractivity contribution in [3.05, 3.63) is 85.6 Å². The summed E-state index contributed by atoms with van der Waals surface area (Å²) in [5.74, 6) is 1.60. The van der Waals surface area contributed by atoms with E-state index < -0.39 is 0 Å². The molecule has 0 amide bonds. The van der Waals surface area contributed by atoms with Gasteiger partial charge in [-0.15, -0.1) is 0 Å². The van der Waals surface area contributed by atoms with Crippen LogP contribution in [0.1, 0.15) is 29.4 Å². The highest BCUT2D eigenvalue weighted by Gasteiger charge is 2.15. The molecule has 3 aromatic carbocycles. The smallest absolute Gasteiger partial charge is 0.175 e. The number of imidazole rings is 1. The van der Waals surface area contributed by atoms with E-state index in [0.717, 1.165) is 27.7 Å². The van der Waals surface area contributed by atoms with Crippen LogP contribution in [0.3, 0.4) is 0 Å². The SMILES string of the molecule is CCOc1cc(/C=C(/C#N)c2nc3ccc(C)cc3[nH]2)cc(Br)c1OCc1ccc(Cl)cc1Cl. The molecular formula is C26H20BrCl2N3O2. The van der Waals surface area contributed by atoms with Gasteiger partial charge in [0.15, 0.2) is 11.5 Å². The molecule has 0 spiro atoms. The Balaban J connectivity index is 1.66. The summed E-state index contributed by atoms with van der Waals surface area (Å²) in [6, 6.07) is 17.1. The van der Waals surface area contributed by atoms with Crippen LogP contribution in [-0.4, -0.2) is 16.6 Å². The molecule has 8 heteroatoms. The van der Waals surface area contributed by atoms with Gasteiger partial charge in [-0.25, -0.2) is 4.98 Å².